The molecule has 0 aromatic heterocycles. The van der Waals surface area contributed by atoms with E-state index in [0.29, 0.717) is 0 Å². The molecule has 0 spiro atoms. The van der Waals surface area contributed by atoms with Gasteiger partial charge in [0.25, 0.3) is 0 Å². The molecule has 0 aliphatic heterocycles. The van der Waals surface area contributed by atoms with Gasteiger partial charge >= 0.3 is 11.9 Å². The Morgan fingerprint density at radius 3 is 1.76 bits per heavy atom. The molecular formula is C13H22O4. The number of esters is 2. The number of rotatable bonds is 4. The predicted molar refractivity (Wildman–Crippen MR) is 65.4 cm³/mol. The molecule has 0 unspecified atom stereocenters. The lowest BCUT2D eigenvalue weighted by Gasteiger charge is -2.19. The van der Waals surface area contributed by atoms with Crippen LogP contribution >= 0.6 is 0 Å². The van der Waals surface area contributed by atoms with Crippen LogP contribution in [0.25, 0.3) is 0 Å². The van der Waals surface area contributed by atoms with Crippen LogP contribution in [0.5, 0.6) is 0 Å². The summed E-state index contributed by atoms with van der Waals surface area (Å²) in [6.45, 7) is 10.3. The zero-order valence-corrected chi connectivity index (χ0v) is 11.4. The quantitative estimate of drug-likeness (QED) is 0.561. The summed E-state index contributed by atoms with van der Waals surface area (Å²) in [5.41, 5.74) is -0.510. The van der Waals surface area contributed by atoms with E-state index in [9.17, 15) is 9.59 Å². The highest BCUT2D eigenvalue weighted by molar-refractivity contribution is 5.75. The van der Waals surface area contributed by atoms with Gasteiger partial charge in [0.15, 0.2) is 0 Å². The highest BCUT2D eigenvalue weighted by Gasteiger charge is 2.24. The Labute approximate surface area is 103 Å². The molecule has 98 valence electrons. The van der Waals surface area contributed by atoms with Crippen LogP contribution in [0.4, 0.5) is 0 Å². The van der Waals surface area contributed by atoms with E-state index in [2.05, 4.69) is 0 Å². The van der Waals surface area contributed by atoms with E-state index in [1.807, 2.05) is 0 Å². The molecule has 0 aromatic carbocycles. The maximum atomic E-state index is 11.6. The summed E-state index contributed by atoms with van der Waals surface area (Å²) in [5.74, 6) is -0.587. The lowest BCUT2D eigenvalue weighted by Crippen LogP contribution is -2.26. The molecule has 0 N–H and O–H groups in total. The van der Waals surface area contributed by atoms with Crippen LogP contribution in [-0.4, -0.2) is 24.1 Å². The number of ether oxygens (including phenoxy) is 2. The summed E-state index contributed by atoms with van der Waals surface area (Å²) in [6, 6.07) is 0. The number of hydrogen-bond donors (Lipinski definition) is 0. The van der Waals surface area contributed by atoms with Gasteiger partial charge in [0.1, 0.15) is 12.2 Å². The fourth-order valence-electron chi connectivity index (χ4n) is 0.999. The van der Waals surface area contributed by atoms with Crippen LogP contribution in [0.15, 0.2) is 12.2 Å². The Kier molecular flexibility index (Phi) is 5.93. The van der Waals surface area contributed by atoms with Gasteiger partial charge in [-0.25, -0.2) is 0 Å². The van der Waals surface area contributed by atoms with E-state index in [0.717, 1.165) is 0 Å². The van der Waals surface area contributed by atoms with Gasteiger partial charge in [-0.15, -0.1) is 0 Å². The Morgan fingerprint density at radius 2 is 1.41 bits per heavy atom. The molecule has 0 amide bonds. The van der Waals surface area contributed by atoms with Crippen molar-refractivity contribution in [1.29, 1.82) is 0 Å². The molecule has 2 atom stereocenters. The summed E-state index contributed by atoms with van der Waals surface area (Å²) in [5, 5.41) is 0. The predicted octanol–water partition coefficient (Wildman–Crippen LogP) is 2.47. The molecule has 0 saturated carbocycles. The third-order valence-corrected chi connectivity index (χ3v) is 1.91. The van der Waals surface area contributed by atoms with Crippen molar-refractivity contribution in [3.05, 3.63) is 12.2 Å². The maximum absolute atomic E-state index is 11.6. The minimum atomic E-state index is -0.510. The van der Waals surface area contributed by atoms with Crippen molar-refractivity contribution in [3.63, 3.8) is 0 Å². The normalized spacial score (nSPS) is 15.4. The minimum absolute atomic E-state index is 0.255. The molecule has 0 aliphatic carbocycles. The van der Waals surface area contributed by atoms with E-state index < -0.39 is 5.41 Å². The first-order valence-corrected chi connectivity index (χ1v) is 5.69. The van der Waals surface area contributed by atoms with Crippen molar-refractivity contribution in [2.45, 2.75) is 53.8 Å². The minimum Gasteiger partial charge on any atom is -0.459 e. The topological polar surface area (TPSA) is 52.6 Å². The standard InChI is InChI=1S/C13H22O4/c1-9(16-11(3)14)7-8-10(2)17-12(15)13(4,5)6/h7-10H,1-6H3/b8-7-/t9-,10+/m1/s1. The first-order chi connectivity index (χ1) is 7.62. The van der Waals surface area contributed by atoms with Gasteiger partial charge < -0.3 is 9.47 Å². The zero-order chi connectivity index (χ0) is 13.6. The van der Waals surface area contributed by atoms with Gasteiger partial charge in [-0.2, -0.15) is 0 Å². The first-order valence-electron chi connectivity index (χ1n) is 5.69. The molecule has 0 bridgehead atoms. The molecule has 4 heteroatoms. The Balaban J connectivity index is 4.18. The van der Waals surface area contributed by atoms with Crippen LogP contribution in [0.1, 0.15) is 41.5 Å². The highest BCUT2D eigenvalue weighted by atomic mass is 16.5. The second kappa shape index (κ2) is 6.42. The van der Waals surface area contributed by atoms with Crippen LogP contribution in [0.3, 0.4) is 0 Å². The largest absolute Gasteiger partial charge is 0.459 e. The van der Waals surface area contributed by atoms with Crippen molar-refractivity contribution in [1.82, 2.24) is 0 Å². The van der Waals surface area contributed by atoms with Gasteiger partial charge in [0.05, 0.1) is 5.41 Å². The SMILES string of the molecule is CC(=O)O[C@H](C)/C=C\[C@H](C)OC(=O)C(C)(C)C. The molecule has 0 rings (SSSR count). The molecule has 0 fully saturated rings. The molecule has 0 heterocycles. The van der Waals surface area contributed by atoms with Gasteiger partial charge in [0.2, 0.25) is 0 Å². The second-order valence-electron chi connectivity index (χ2n) is 5.06. The van der Waals surface area contributed by atoms with Gasteiger partial charge in [0, 0.05) is 6.92 Å². The van der Waals surface area contributed by atoms with Crippen molar-refractivity contribution in [2.24, 2.45) is 5.41 Å². The van der Waals surface area contributed by atoms with Crippen LogP contribution in [-0.2, 0) is 19.1 Å². The monoisotopic (exact) mass is 242 g/mol. The van der Waals surface area contributed by atoms with Crippen LogP contribution in [0.2, 0.25) is 0 Å². The van der Waals surface area contributed by atoms with Crippen LogP contribution < -0.4 is 0 Å². The van der Waals surface area contributed by atoms with Crippen molar-refractivity contribution < 1.29 is 19.1 Å². The summed E-state index contributed by atoms with van der Waals surface area (Å²) in [6.07, 6.45) is 2.75. The van der Waals surface area contributed by atoms with Crippen molar-refractivity contribution in [2.75, 3.05) is 0 Å². The zero-order valence-electron chi connectivity index (χ0n) is 11.4. The molecule has 0 aromatic rings. The second-order valence-corrected chi connectivity index (χ2v) is 5.06. The number of hydrogen-bond acceptors (Lipinski definition) is 4. The molecule has 17 heavy (non-hydrogen) atoms. The number of carbonyl (C=O) groups excluding carboxylic acids is 2. The Morgan fingerprint density at radius 1 is 1.00 bits per heavy atom. The van der Waals surface area contributed by atoms with Crippen molar-refractivity contribution >= 4 is 11.9 Å². The number of carbonyl (C=O) groups is 2. The van der Waals surface area contributed by atoms with E-state index in [1.165, 1.54) is 6.92 Å². The molecule has 4 nitrogen and oxygen atoms in total. The Hall–Kier alpha value is -1.32. The van der Waals surface area contributed by atoms with E-state index in [4.69, 9.17) is 9.47 Å². The third kappa shape index (κ3) is 7.55. The molecule has 0 aliphatic rings. The Bertz CT molecular complexity index is 299. The van der Waals surface area contributed by atoms with Crippen molar-refractivity contribution in [3.8, 4) is 0 Å². The lowest BCUT2D eigenvalue weighted by molar-refractivity contribution is -0.155. The third-order valence-electron chi connectivity index (χ3n) is 1.91. The average Bonchev–Trinajstić information content (AvgIpc) is 2.12. The summed E-state index contributed by atoms with van der Waals surface area (Å²) in [7, 11) is 0. The van der Waals surface area contributed by atoms with E-state index in [1.54, 1.807) is 46.8 Å². The fraction of sp³-hybridized carbons (Fsp3) is 0.692. The first kappa shape index (κ1) is 15.7. The lowest BCUT2D eigenvalue weighted by atomic mass is 9.97. The molecule has 0 radical (unpaired) electrons. The van der Waals surface area contributed by atoms with Gasteiger partial charge in [-0.05, 0) is 46.8 Å². The molecular weight excluding hydrogens is 220 g/mol. The van der Waals surface area contributed by atoms with Gasteiger partial charge in [-0.3, -0.25) is 9.59 Å². The fourth-order valence-corrected chi connectivity index (χ4v) is 0.999. The van der Waals surface area contributed by atoms with Gasteiger partial charge in [-0.1, -0.05) is 0 Å². The summed E-state index contributed by atoms with van der Waals surface area (Å²) < 4.78 is 10.1. The average molecular weight is 242 g/mol. The smallest absolute Gasteiger partial charge is 0.311 e. The van der Waals surface area contributed by atoms with E-state index >= 15 is 0 Å². The molecule has 0 saturated heterocycles. The van der Waals surface area contributed by atoms with Crippen LogP contribution in [0, 0.1) is 5.41 Å². The summed E-state index contributed by atoms with van der Waals surface area (Å²) >= 11 is 0. The highest BCUT2D eigenvalue weighted by Crippen LogP contribution is 2.16. The summed E-state index contributed by atoms with van der Waals surface area (Å²) in [4.78, 5) is 22.2. The maximum Gasteiger partial charge on any atom is 0.311 e. The van der Waals surface area contributed by atoms with E-state index in [-0.39, 0.29) is 24.1 Å².